The van der Waals surface area contributed by atoms with Crippen molar-refractivity contribution in [1.82, 2.24) is 5.32 Å². The van der Waals surface area contributed by atoms with Crippen LogP contribution in [0.25, 0.3) is 0 Å². The van der Waals surface area contributed by atoms with Crippen molar-refractivity contribution in [2.45, 2.75) is 25.9 Å². The quantitative estimate of drug-likeness (QED) is 0.859. The van der Waals surface area contributed by atoms with Crippen LogP contribution >= 0.6 is 27.3 Å². The zero-order valence-corrected chi connectivity index (χ0v) is 12.5. The molecule has 18 heavy (non-hydrogen) atoms. The maximum absolute atomic E-state index is 13.0. The van der Waals surface area contributed by atoms with Crippen molar-refractivity contribution in [1.29, 1.82) is 0 Å². The van der Waals surface area contributed by atoms with Crippen LogP contribution in [-0.2, 0) is 13.0 Å². The topological polar surface area (TPSA) is 12.0 Å². The van der Waals surface area contributed by atoms with Crippen molar-refractivity contribution in [3.05, 3.63) is 56.4 Å². The number of hydrogen-bond acceptors (Lipinski definition) is 2. The van der Waals surface area contributed by atoms with E-state index < -0.39 is 0 Å². The average Bonchev–Trinajstić information content (AvgIpc) is 2.73. The molecule has 1 atom stereocenters. The van der Waals surface area contributed by atoms with Gasteiger partial charge in [-0.15, -0.1) is 11.3 Å². The summed E-state index contributed by atoms with van der Waals surface area (Å²) in [4.78, 5) is 1.30. The van der Waals surface area contributed by atoms with Crippen LogP contribution in [0.2, 0.25) is 0 Å². The molecule has 1 aromatic carbocycles. The molecule has 2 rings (SSSR count). The minimum atomic E-state index is -0.165. The van der Waals surface area contributed by atoms with Gasteiger partial charge in [-0.25, -0.2) is 4.39 Å². The predicted molar refractivity (Wildman–Crippen MR) is 78.4 cm³/mol. The van der Waals surface area contributed by atoms with Crippen LogP contribution in [-0.4, -0.2) is 6.04 Å². The molecule has 0 radical (unpaired) electrons. The van der Waals surface area contributed by atoms with Crippen molar-refractivity contribution in [3.8, 4) is 0 Å². The van der Waals surface area contributed by atoms with E-state index in [1.165, 1.54) is 10.9 Å². The van der Waals surface area contributed by atoms with E-state index >= 15 is 0 Å². The predicted octanol–water partition coefficient (Wildman–Crippen LogP) is 4.37. The lowest BCUT2D eigenvalue weighted by atomic mass is 10.1. The van der Waals surface area contributed by atoms with E-state index in [9.17, 15) is 4.39 Å². The molecule has 0 aliphatic heterocycles. The lowest BCUT2D eigenvalue weighted by molar-refractivity contribution is 0.546. The van der Waals surface area contributed by atoms with E-state index in [0.29, 0.717) is 6.04 Å². The molecule has 1 N–H and O–H groups in total. The fraction of sp³-hybridized carbons (Fsp3) is 0.286. The Bertz CT molecular complexity index is 512. The van der Waals surface area contributed by atoms with Gasteiger partial charge >= 0.3 is 0 Å². The Morgan fingerprint density at radius 3 is 2.89 bits per heavy atom. The zero-order chi connectivity index (χ0) is 13.0. The van der Waals surface area contributed by atoms with Crippen LogP contribution in [0.5, 0.6) is 0 Å². The second kappa shape index (κ2) is 6.45. The molecular weight excluding hydrogens is 313 g/mol. The third kappa shape index (κ3) is 4.19. The van der Waals surface area contributed by atoms with E-state index in [1.807, 2.05) is 6.07 Å². The van der Waals surface area contributed by atoms with Crippen LogP contribution in [0.1, 0.15) is 17.4 Å². The van der Waals surface area contributed by atoms with Gasteiger partial charge in [-0.3, -0.25) is 0 Å². The van der Waals surface area contributed by atoms with Crippen LogP contribution in [0.4, 0.5) is 4.39 Å². The summed E-state index contributed by atoms with van der Waals surface area (Å²) in [6.45, 7) is 2.97. The summed E-state index contributed by atoms with van der Waals surface area (Å²) in [5.74, 6) is -0.165. The van der Waals surface area contributed by atoms with E-state index in [4.69, 9.17) is 0 Å². The van der Waals surface area contributed by atoms with Crippen LogP contribution < -0.4 is 5.32 Å². The van der Waals surface area contributed by atoms with Gasteiger partial charge in [-0.05, 0) is 53.0 Å². The summed E-state index contributed by atoms with van der Waals surface area (Å²) in [5, 5.41) is 5.52. The number of nitrogens with one attached hydrogen (secondary N) is 1. The first-order chi connectivity index (χ1) is 8.63. The second-order valence-electron chi connectivity index (χ2n) is 4.35. The lowest BCUT2D eigenvalue weighted by Gasteiger charge is -2.13. The van der Waals surface area contributed by atoms with Crippen molar-refractivity contribution in [3.63, 3.8) is 0 Å². The van der Waals surface area contributed by atoms with Gasteiger partial charge < -0.3 is 5.32 Å². The van der Waals surface area contributed by atoms with Crippen molar-refractivity contribution in [2.75, 3.05) is 0 Å². The molecule has 0 bridgehead atoms. The number of benzene rings is 1. The van der Waals surface area contributed by atoms with Gasteiger partial charge in [0.2, 0.25) is 0 Å². The summed E-state index contributed by atoms with van der Waals surface area (Å²) in [7, 11) is 0. The van der Waals surface area contributed by atoms with Crippen molar-refractivity contribution >= 4 is 27.3 Å². The molecule has 2 aromatic rings. The molecule has 96 valence electrons. The highest BCUT2D eigenvalue weighted by Crippen LogP contribution is 2.19. The highest BCUT2D eigenvalue weighted by atomic mass is 79.9. The molecule has 0 amide bonds. The molecule has 0 fully saturated rings. The van der Waals surface area contributed by atoms with Gasteiger partial charge in [0.05, 0.1) is 0 Å². The van der Waals surface area contributed by atoms with Crippen LogP contribution in [0.15, 0.2) is 40.2 Å². The third-order valence-corrected chi connectivity index (χ3v) is 4.38. The first-order valence-corrected chi connectivity index (χ1v) is 7.51. The van der Waals surface area contributed by atoms with Crippen molar-refractivity contribution in [2.24, 2.45) is 0 Å². The molecular formula is C14H15BrFNS. The van der Waals surface area contributed by atoms with Crippen LogP contribution in [0, 0.1) is 5.82 Å². The summed E-state index contributed by atoms with van der Waals surface area (Å²) in [6, 6.07) is 9.24. The molecule has 0 spiro atoms. The Balaban J connectivity index is 1.83. The Labute approximate surface area is 119 Å². The third-order valence-electron chi connectivity index (χ3n) is 2.68. The summed E-state index contributed by atoms with van der Waals surface area (Å²) >= 11 is 5.17. The van der Waals surface area contributed by atoms with E-state index in [1.54, 1.807) is 23.5 Å². The molecule has 0 aliphatic rings. The van der Waals surface area contributed by atoms with Crippen LogP contribution in [0.3, 0.4) is 0 Å². The standard InChI is InChI=1S/C14H15BrFNS/c1-10(5-11-3-2-4-13(16)6-11)17-8-14-7-12(15)9-18-14/h2-4,6-7,9-10,17H,5,8H2,1H3. The maximum atomic E-state index is 13.0. The monoisotopic (exact) mass is 327 g/mol. The number of halogens is 2. The summed E-state index contributed by atoms with van der Waals surface area (Å²) < 4.78 is 14.2. The maximum Gasteiger partial charge on any atom is 0.123 e. The number of hydrogen-bond donors (Lipinski definition) is 1. The fourth-order valence-electron chi connectivity index (χ4n) is 1.81. The summed E-state index contributed by atoms with van der Waals surface area (Å²) in [6.07, 6.45) is 0.838. The van der Waals surface area contributed by atoms with E-state index in [2.05, 4.69) is 39.6 Å². The minimum absolute atomic E-state index is 0.165. The molecule has 1 nitrogen and oxygen atoms in total. The fourth-order valence-corrected chi connectivity index (χ4v) is 3.21. The normalized spacial score (nSPS) is 12.6. The lowest BCUT2D eigenvalue weighted by Crippen LogP contribution is -2.27. The molecule has 4 heteroatoms. The Kier molecular flexibility index (Phi) is 4.92. The average molecular weight is 328 g/mol. The Hall–Kier alpha value is -0.710. The van der Waals surface area contributed by atoms with Gasteiger partial charge in [-0.1, -0.05) is 12.1 Å². The molecule has 0 saturated carbocycles. The van der Waals surface area contributed by atoms with Gasteiger partial charge in [0.1, 0.15) is 5.82 Å². The van der Waals surface area contributed by atoms with Gasteiger partial charge in [0.25, 0.3) is 0 Å². The number of rotatable bonds is 5. The first kappa shape index (κ1) is 13.7. The molecule has 0 saturated heterocycles. The highest BCUT2D eigenvalue weighted by Gasteiger charge is 2.05. The molecule has 1 heterocycles. The first-order valence-electron chi connectivity index (χ1n) is 5.84. The second-order valence-corrected chi connectivity index (χ2v) is 6.26. The van der Waals surface area contributed by atoms with Crippen molar-refractivity contribution < 1.29 is 4.39 Å². The Morgan fingerprint density at radius 1 is 1.39 bits per heavy atom. The van der Waals surface area contributed by atoms with Gasteiger partial charge in [0.15, 0.2) is 0 Å². The van der Waals surface area contributed by atoms with Gasteiger partial charge in [-0.2, -0.15) is 0 Å². The molecule has 0 aliphatic carbocycles. The smallest absolute Gasteiger partial charge is 0.123 e. The minimum Gasteiger partial charge on any atom is -0.309 e. The SMILES string of the molecule is CC(Cc1cccc(F)c1)NCc1cc(Br)cs1. The molecule has 1 aromatic heterocycles. The van der Waals surface area contributed by atoms with E-state index in [-0.39, 0.29) is 5.82 Å². The largest absolute Gasteiger partial charge is 0.309 e. The summed E-state index contributed by atoms with van der Waals surface area (Å²) in [5.41, 5.74) is 1.03. The zero-order valence-electron chi connectivity index (χ0n) is 10.1. The van der Waals surface area contributed by atoms with Gasteiger partial charge in [0, 0.05) is 27.3 Å². The highest BCUT2D eigenvalue weighted by molar-refractivity contribution is 9.10. The number of thiophene rings is 1. The molecule has 1 unspecified atom stereocenters. The Morgan fingerprint density at radius 2 is 2.22 bits per heavy atom. The van der Waals surface area contributed by atoms with E-state index in [0.717, 1.165) is 23.0 Å².